The Bertz CT molecular complexity index is 1860. The van der Waals surface area contributed by atoms with Crippen molar-refractivity contribution in [1.82, 2.24) is 15.1 Å². The highest BCUT2D eigenvalue weighted by Crippen LogP contribution is 2.52. The van der Waals surface area contributed by atoms with Crippen LogP contribution in [0, 0.1) is 11.3 Å². The first kappa shape index (κ1) is 29.9. The molecule has 3 heterocycles. The van der Waals surface area contributed by atoms with Gasteiger partial charge < -0.3 is 24.3 Å². The molecule has 0 aromatic heterocycles. The van der Waals surface area contributed by atoms with Gasteiger partial charge in [-0.1, -0.05) is 36.4 Å². The normalized spacial score (nSPS) is 23.3. The standard InChI is InChI=1S/C37H38N4O5/c1-40-28-13-23-16-33(44-3)35(46-5)18-27(23)36(40)29-14-22-15-32(43-2)34(45-4)17-26(22)31(41(29)30(28)19-38)20-39-37(42)25-12-8-10-21-9-6-7-11-24(21)25/h6-12,15-18,28-31,36H,13-14,20H2,1-5H3,(H,39,42)/t28-,29-,30-,31-,36+/m0/s1. The Morgan fingerprint density at radius 1 is 0.826 bits per heavy atom. The fourth-order valence-corrected chi connectivity index (χ4v) is 8.09. The number of piperazine rings is 1. The molecule has 1 saturated heterocycles. The molecular weight excluding hydrogens is 580 g/mol. The van der Waals surface area contributed by atoms with Gasteiger partial charge in [-0.3, -0.25) is 14.6 Å². The van der Waals surface area contributed by atoms with Crippen molar-refractivity contribution in [3.8, 4) is 29.1 Å². The molecule has 1 amide bonds. The van der Waals surface area contributed by atoms with Crippen molar-refractivity contribution >= 4 is 16.7 Å². The number of nitriles is 1. The van der Waals surface area contributed by atoms with Gasteiger partial charge in [-0.05, 0) is 83.2 Å². The zero-order valence-electron chi connectivity index (χ0n) is 26.7. The van der Waals surface area contributed by atoms with E-state index in [1.54, 1.807) is 28.4 Å². The molecule has 5 atom stereocenters. The molecule has 4 aromatic rings. The maximum atomic E-state index is 13.8. The molecular formula is C37H38N4O5. The van der Waals surface area contributed by atoms with E-state index in [1.165, 1.54) is 11.1 Å². The minimum Gasteiger partial charge on any atom is -0.493 e. The largest absolute Gasteiger partial charge is 0.493 e. The second-order valence-corrected chi connectivity index (χ2v) is 12.2. The highest BCUT2D eigenvalue weighted by atomic mass is 16.5. The molecule has 46 heavy (non-hydrogen) atoms. The van der Waals surface area contributed by atoms with Gasteiger partial charge in [0.05, 0.1) is 46.6 Å². The number of carbonyl (C=O) groups excluding carboxylic acids is 1. The third-order valence-electron chi connectivity index (χ3n) is 10.2. The van der Waals surface area contributed by atoms with Crippen molar-refractivity contribution in [1.29, 1.82) is 5.26 Å². The molecule has 3 aliphatic rings. The number of fused-ring (bicyclic) bond motifs is 8. The lowest BCUT2D eigenvalue weighted by atomic mass is 9.72. The minimum atomic E-state index is -0.423. The zero-order valence-corrected chi connectivity index (χ0v) is 26.7. The van der Waals surface area contributed by atoms with Gasteiger partial charge >= 0.3 is 0 Å². The van der Waals surface area contributed by atoms with E-state index in [0.717, 1.165) is 21.9 Å². The van der Waals surface area contributed by atoms with E-state index in [0.29, 0.717) is 47.9 Å². The third kappa shape index (κ3) is 4.63. The number of hydrogen-bond acceptors (Lipinski definition) is 8. The molecule has 0 unspecified atom stereocenters. The predicted molar refractivity (Wildman–Crippen MR) is 175 cm³/mol. The summed E-state index contributed by atoms with van der Waals surface area (Å²) >= 11 is 0. The smallest absolute Gasteiger partial charge is 0.251 e. The van der Waals surface area contributed by atoms with E-state index in [-0.39, 0.29) is 30.1 Å². The monoisotopic (exact) mass is 618 g/mol. The number of benzene rings is 4. The summed E-state index contributed by atoms with van der Waals surface area (Å²) in [5.74, 6) is 2.50. The van der Waals surface area contributed by atoms with Gasteiger partial charge in [0.15, 0.2) is 23.0 Å². The second-order valence-electron chi connectivity index (χ2n) is 12.2. The molecule has 9 nitrogen and oxygen atoms in total. The molecule has 2 bridgehead atoms. The molecule has 1 N–H and O–H groups in total. The summed E-state index contributed by atoms with van der Waals surface area (Å²) in [7, 11) is 8.70. The Morgan fingerprint density at radius 2 is 1.41 bits per heavy atom. The first-order chi connectivity index (χ1) is 22.4. The lowest BCUT2D eigenvalue weighted by Crippen LogP contribution is -2.68. The average molecular weight is 619 g/mol. The van der Waals surface area contributed by atoms with Crippen molar-refractivity contribution < 1.29 is 23.7 Å². The first-order valence-electron chi connectivity index (χ1n) is 15.6. The second kappa shape index (κ2) is 11.9. The lowest BCUT2D eigenvalue weighted by molar-refractivity contribution is -0.0708. The molecule has 0 aliphatic carbocycles. The van der Waals surface area contributed by atoms with Crippen LogP contribution >= 0.6 is 0 Å². The van der Waals surface area contributed by atoms with E-state index < -0.39 is 6.04 Å². The highest BCUT2D eigenvalue weighted by molar-refractivity contribution is 6.07. The number of rotatable bonds is 7. The van der Waals surface area contributed by atoms with Crippen LogP contribution in [-0.4, -0.2) is 75.9 Å². The summed E-state index contributed by atoms with van der Waals surface area (Å²) in [4.78, 5) is 18.5. The van der Waals surface area contributed by atoms with Crippen molar-refractivity contribution in [2.45, 2.75) is 43.1 Å². The summed E-state index contributed by atoms with van der Waals surface area (Å²) in [6, 6.07) is 23.8. The van der Waals surface area contributed by atoms with Crippen LogP contribution in [0.15, 0.2) is 66.7 Å². The number of amides is 1. The van der Waals surface area contributed by atoms with Gasteiger partial charge in [-0.2, -0.15) is 5.26 Å². The van der Waals surface area contributed by atoms with Crippen LogP contribution in [0.25, 0.3) is 10.8 Å². The van der Waals surface area contributed by atoms with Gasteiger partial charge in [0, 0.05) is 24.2 Å². The Morgan fingerprint density at radius 3 is 2.09 bits per heavy atom. The molecule has 3 aliphatic heterocycles. The Hall–Kier alpha value is -4.78. The van der Waals surface area contributed by atoms with Crippen molar-refractivity contribution in [2.75, 3.05) is 42.0 Å². The van der Waals surface area contributed by atoms with E-state index in [4.69, 9.17) is 18.9 Å². The summed E-state index contributed by atoms with van der Waals surface area (Å²) in [5.41, 5.74) is 5.11. The summed E-state index contributed by atoms with van der Waals surface area (Å²) < 4.78 is 22.9. The van der Waals surface area contributed by atoms with E-state index in [2.05, 4.69) is 46.4 Å². The summed E-state index contributed by atoms with van der Waals surface area (Å²) in [6.45, 7) is 0.321. The van der Waals surface area contributed by atoms with Crippen molar-refractivity contribution in [3.05, 3.63) is 94.5 Å². The Kier molecular flexibility index (Phi) is 7.71. The molecule has 7 rings (SSSR count). The fraction of sp³-hybridized carbons (Fsp3) is 0.351. The number of hydrogen-bond donors (Lipinski definition) is 1. The van der Waals surface area contributed by atoms with Gasteiger partial charge in [0.25, 0.3) is 5.91 Å². The molecule has 9 heteroatoms. The van der Waals surface area contributed by atoms with Crippen LogP contribution in [0.4, 0.5) is 0 Å². The molecule has 0 radical (unpaired) electrons. The maximum absolute atomic E-state index is 13.8. The van der Waals surface area contributed by atoms with E-state index >= 15 is 0 Å². The van der Waals surface area contributed by atoms with E-state index in [9.17, 15) is 10.1 Å². The number of ether oxygens (including phenoxy) is 4. The van der Waals surface area contributed by atoms with Crippen molar-refractivity contribution in [3.63, 3.8) is 0 Å². The average Bonchev–Trinajstić information content (AvgIpc) is 3.09. The van der Waals surface area contributed by atoms with Crippen molar-refractivity contribution in [2.24, 2.45) is 0 Å². The molecule has 236 valence electrons. The quantitative estimate of drug-likeness (QED) is 0.307. The molecule has 1 fully saturated rings. The highest BCUT2D eigenvalue weighted by Gasteiger charge is 2.54. The third-order valence-corrected chi connectivity index (χ3v) is 10.2. The maximum Gasteiger partial charge on any atom is 0.251 e. The molecule has 4 aromatic carbocycles. The molecule has 0 spiro atoms. The Labute approximate surface area is 269 Å². The number of nitrogens with one attached hydrogen (secondary N) is 1. The van der Waals surface area contributed by atoms with Gasteiger partial charge in [-0.15, -0.1) is 0 Å². The zero-order chi connectivity index (χ0) is 32.1. The number of likely N-dealkylation sites (N-methyl/N-ethyl adjacent to an activating group) is 1. The van der Waals surface area contributed by atoms with Crippen LogP contribution < -0.4 is 24.3 Å². The first-order valence-corrected chi connectivity index (χ1v) is 15.6. The lowest BCUT2D eigenvalue weighted by Gasteiger charge is -2.60. The predicted octanol–water partition coefficient (Wildman–Crippen LogP) is 5.08. The number of methoxy groups -OCH3 is 4. The Balaban J connectivity index is 1.34. The van der Waals surface area contributed by atoms with Gasteiger partial charge in [0.2, 0.25) is 0 Å². The minimum absolute atomic E-state index is 0.0179. The van der Waals surface area contributed by atoms with Crippen LogP contribution in [0.1, 0.15) is 44.7 Å². The van der Waals surface area contributed by atoms with Crippen LogP contribution in [0.3, 0.4) is 0 Å². The number of carbonyl (C=O) groups is 1. The van der Waals surface area contributed by atoms with Crippen LogP contribution in [0.2, 0.25) is 0 Å². The summed E-state index contributed by atoms with van der Waals surface area (Å²) in [6.07, 6.45) is 1.38. The van der Waals surface area contributed by atoms with Gasteiger partial charge in [-0.25, -0.2) is 0 Å². The van der Waals surface area contributed by atoms with Crippen LogP contribution in [0.5, 0.6) is 23.0 Å². The molecule has 0 saturated carbocycles. The topological polar surface area (TPSA) is 96.3 Å². The van der Waals surface area contributed by atoms with E-state index in [1.807, 2.05) is 48.5 Å². The van der Waals surface area contributed by atoms with Gasteiger partial charge in [0.1, 0.15) is 6.04 Å². The summed E-state index contributed by atoms with van der Waals surface area (Å²) in [5, 5.41) is 16.0. The fourth-order valence-electron chi connectivity index (χ4n) is 8.09. The van der Waals surface area contributed by atoms with Crippen LogP contribution in [-0.2, 0) is 12.8 Å². The SMILES string of the molecule is COc1cc2c(cc1OC)[C@@H]1[C@@H]3Cc4cc(OC)c(OC)cc4[C@H](CNC(=O)c4cccc5ccccc45)N3[C@@H](C#N)[C@H](C2)N1C. The number of nitrogens with zero attached hydrogens (tertiary/aromatic N) is 3.